The van der Waals surface area contributed by atoms with Gasteiger partial charge in [0.15, 0.2) is 0 Å². The summed E-state index contributed by atoms with van der Waals surface area (Å²) in [6, 6.07) is 6.65. The number of rotatable bonds is 1. The van der Waals surface area contributed by atoms with Gasteiger partial charge in [-0.25, -0.2) is 8.93 Å². The van der Waals surface area contributed by atoms with Crippen LogP contribution in [-0.4, -0.2) is 16.0 Å². The average Bonchev–Trinajstić information content (AvgIpc) is 2.37. The lowest BCUT2D eigenvalue weighted by Gasteiger charge is -2.15. The Morgan fingerprint density at radius 2 is 1.74 bits per heavy atom. The molecule has 1 atom stereocenters. The molecule has 108 valence electrons. The quantitative estimate of drug-likeness (QED) is 0.818. The molecule has 0 radical (unpaired) electrons. The summed E-state index contributed by atoms with van der Waals surface area (Å²) in [6.45, 7) is 5.79. The molecular weight excluding hydrogens is 322 g/mol. The highest BCUT2D eigenvalue weighted by molar-refractivity contribution is 9.10. The minimum absolute atomic E-state index is 0.130. The van der Waals surface area contributed by atoms with Crippen LogP contribution in [0.15, 0.2) is 22.7 Å². The van der Waals surface area contributed by atoms with Gasteiger partial charge >= 0.3 is 0 Å². The maximum absolute atomic E-state index is 10.8. The summed E-state index contributed by atoms with van der Waals surface area (Å²) in [5, 5.41) is 0. The number of hydrogen-bond donors (Lipinski definition) is 1. The van der Waals surface area contributed by atoms with Crippen LogP contribution in [0.5, 0.6) is 0 Å². The molecule has 2 nitrogen and oxygen atoms in total. The molecule has 1 unspecified atom stereocenters. The molecule has 0 fully saturated rings. The topological polar surface area (TPSA) is 29.1 Å². The molecule has 0 aromatic heterocycles. The number of benzene rings is 1. The van der Waals surface area contributed by atoms with Crippen molar-refractivity contribution in [1.82, 2.24) is 4.72 Å². The van der Waals surface area contributed by atoms with E-state index in [2.05, 4.69) is 38.9 Å². The van der Waals surface area contributed by atoms with E-state index < -0.39 is 11.0 Å². The predicted molar refractivity (Wildman–Crippen MR) is 87.7 cm³/mol. The van der Waals surface area contributed by atoms with Gasteiger partial charge in [-0.2, -0.15) is 0 Å². The van der Waals surface area contributed by atoms with Crippen LogP contribution in [0.1, 0.15) is 44.7 Å². The van der Waals surface area contributed by atoms with E-state index in [0.29, 0.717) is 0 Å². The van der Waals surface area contributed by atoms with Gasteiger partial charge in [0.05, 0.1) is 15.7 Å². The van der Waals surface area contributed by atoms with Crippen molar-refractivity contribution in [3.8, 4) is 0 Å². The molecule has 0 spiro atoms. The number of halogens is 1. The molecule has 0 saturated carbocycles. The van der Waals surface area contributed by atoms with E-state index in [1.54, 1.807) is 18.2 Å². The van der Waals surface area contributed by atoms with Gasteiger partial charge < -0.3 is 0 Å². The fourth-order valence-electron chi connectivity index (χ4n) is 2.01. The zero-order valence-electron chi connectivity index (χ0n) is 12.3. The molecule has 1 aliphatic rings. The summed E-state index contributed by atoms with van der Waals surface area (Å²) in [4.78, 5) is 0. The van der Waals surface area contributed by atoms with Gasteiger partial charge in [0.1, 0.15) is 0 Å². The largest absolute Gasteiger partial charge is 0.242 e. The lowest BCUT2D eigenvalue weighted by molar-refractivity contribution is 0.642. The van der Waals surface area contributed by atoms with Crippen molar-refractivity contribution < 1.29 is 4.21 Å². The van der Waals surface area contributed by atoms with Gasteiger partial charge in [-0.15, -0.1) is 0 Å². The van der Waals surface area contributed by atoms with Gasteiger partial charge in [-0.3, -0.25) is 0 Å². The molecule has 1 aliphatic carbocycles. The fraction of sp³-hybridized carbons (Fsp3) is 0.600. The second-order valence-corrected chi connectivity index (χ2v) is 8.79. The Balaban J connectivity index is 0.000000203. The van der Waals surface area contributed by atoms with Crippen LogP contribution in [0.3, 0.4) is 0 Å². The second-order valence-electron chi connectivity index (χ2n) is 5.71. The Morgan fingerprint density at radius 1 is 1.16 bits per heavy atom. The Labute approximate surface area is 128 Å². The molecule has 0 bridgehead atoms. The Hall–Kier alpha value is -0.190. The van der Waals surface area contributed by atoms with Crippen LogP contribution in [-0.2, 0) is 23.8 Å². The summed E-state index contributed by atoms with van der Waals surface area (Å²) < 4.78 is 14.6. The highest BCUT2D eigenvalue weighted by Crippen LogP contribution is 2.24. The molecule has 0 amide bonds. The highest BCUT2D eigenvalue weighted by Gasteiger charge is 2.16. The maximum Gasteiger partial charge on any atom is 0.0967 e. The Bertz CT molecular complexity index is 440. The third-order valence-electron chi connectivity index (χ3n) is 3.05. The molecule has 1 N–H and O–H groups in total. The van der Waals surface area contributed by atoms with Crippen LogP contribution >= 0.6 is 15.9 Å². The molecule has 0 heterocycles. The van der Waals surface area contributed by atoms with Gasteiger partial charge in [0.25, 0.3) is 0 Å². The van der Waals surface area contributed by atoms with E-state index in [9.17, 15) is 4.21 Å². The minimum atomic E-state index is -0.894. The standard InChI is InChI=1S/C10H11Br.C5H13NOS/c11-10-6-5-8-3-1-2-4-9(8)7-10;1-5(2,3)8(7)6-4/h5-7H,1-4H2;6H,1-4H3. The lowest BCUT2D eigenvalue weighted by Crippen LogP contribution is -2.30. The van der Waals surface area contributed by atoms with E-state index in [1.165, 1.54) is 30.2 Å². The Kier molecular flexibility index (Phi) is 6.71. The molecule has 1 aromatic rings. The van der Waals surface area contributed by atoms with E-state index in [1.807, 2.05) is 20.8 Å². The highest BCUT2D eigenvalue weighted by atomic mass is 79.9. The molecular formula is C15H24BrNOS. The van der Waals surface area contributed by atoms with Gasteiger partial charge in [-0.1, -0.05) is 22.0 Å². The number of fused-ring (bicyclic) bond motifs is 1. The van der Waals surface area contributed by atoms with Gasteiger partial charge in [-0.05, 0) is 76.8 Å². The van der Waals surface area contributed by atoms with Crippen molar-refractivity contribution in [2.24, 2.45) is 0 Å². The summed E-state index contributed by atoms with van der Waals surface area (Å²) in [7, 11) is 0.802. The first kappa shape index (κ1) is 16.9. The first-order valence-corrected chi connectivity index (χ1v) is 8.65. The lowest BCUT2D eigenvalue weighted by atomic mass is 9.92. The monoisotopic (exact) mass is 345 g/mol. The zero-order chi connectivity index (χ0) is 14.5. The fourth-order valence-corrected chi connectivity index (χ4v) is 3.03. The molecule has 2 rings (SSSR count). The average molecular weight is 346 g/mol. The molecule has 1 aromatic carbocycles. The smallest absolute Gasteiger partial charge is 0.0967 e. The van der Waals surface area contributed by atoms with Crippen molar-refractivity contribution in [1.29, 1.82) is 0 Å². The summed E-state index contributed by atoms with van der Waals surface area (Å²) in [6.07, 6.45) is 5.29. The van der Waals surface area contributed by atoms with Crippen LogP contribution in [0.4, 0.5) is 0 Å². The van der Waals surface area contributed by atoms with Crippen molar-refractivity contribution in [3.63, 3.8) is 0 Å². The van der Waals surface area contributed by atoms with E-state index in [-0.39, 0.29) is 4.75 Å². The normalized spacial score (nSPS) is 16.1. The van der Waals surface area contributed by atoms with Crippen molar-refractivity contribution in [3.05, 3.63) is 33.8 Å². The van der Waals surface area contributed by atoms with Crippen LogP contribution in [0, 0.1) is 0 Å². The second kappa shape index (κ2) is 7.55. The van der Waals surface area contributed by atoms with Crippen LogP contribution < -0.4 is 4.72 Å². The maximum atomic E-state index is 10.8. The van der Waals surface area contributed by atoms with Crippen molar-refractivity contribution in [2.75, 3.05) is 7.05 Å². The van der Waals surface area contributed by atoms with Crippen LogP contribution in [0.25, 0.3) is 0 Å². The van der Waals surface area contributed by atoms with E-state index in [4.69, 9.17) is 0 Å². The van der Waals surface area contributed by atoms with Gasteiger partial charge in [0, 0.05) is 4.47 Å². The molecule has 0 saturated heterocycles. The van der Waals surface area contributed by atoms with E-state index >= 15 is 0 Å². The molecule has 0 aliphatic heterocycles. The number of hydrogen-bond acceptors (Lipinski definition) is 1. The third-order valence-corrected chi connectivity index (χ3v) is 5.03. The SMILES string of the molecule is Brc1ccc2c(c1)CCCC2.CNS(=O)C(C)(C)C. The number of aryl methyl sites for hydroxylation is 2. The van der Waals surface area contributed by atoms with Gasteiger partial charge in [0.2, 0.25) is 0 Å². The summed E-state index contributed by atoms with van der Waals surface area (Å²) in [5.74, 6) is 0. The number of nitrogens with one attached hydrogen (secondary N) is 1. The van der Waals surface area contributed by atoms with Crippen LogP contribution in [0.2, 0.25) is 0 Å². The minimum Gasteiger partial charge on any atom is -0.242 e. The third kappa shape index (κ3) is 5.76. The first-order valence-electron chi connectivity index (χ1n) is 6.71. The van der Waals surface area contributed by atoms with E-state index in [0.717, 1.165) is 0 Å². The first-order chi connectivity index (χ1) is 8.84. The predicted octanol–water partition coefficient (Wildman–Crippen LogP) is 4.00. The Morgan fingerprint density at radius 3 is 2.21 bits per heavy atom. The molecule has 19 heavy (non-hydrogen) atoms. The summed E-state index contributed by atoms with van der Waals surface area (Å²) in [5.41, 5.74) is 3.10. The van der Waals surface area contributed by atoms with Crippen molar-refractivity contribution in [2.45, 2.75) is 51.2 Å². The summed E-state index contributed by atoms with van der Waals surface area (Å²) >= 11 is 3.49. The molecule has 4 heteroatoms. The zero-order valence-corrected chi connectivity index (χ0v) is 14.7. The van der Waals surface area contributed by atoms with Crippen molar-refractivity contribution >= 4 is 26.9 Å².